The number of nitrogens with one attached hydrogen (secondary N) is 5. The first-order valence-electron chi connectivity index (χ1n) is 17.9. The summed E-state index contributed by atoms with van der Waals surface area (Å²) in [5, 5.41) is 32.0. The van der Waals surface area contributed by atoms with Gasteiger partial charge in [0.25, 0.3) is 0 Å². The third-order valence-electron chi connectivity index (χ3n) is 8.20. The molecule has 0 saturated carbocycles. The van der Waals surface area contributed by atoms with Gasteiger partial charge in [0.15, 0.2) is 11.9 Å². The first-order chi connectivity index (χ1) is 26.4. The molecule has 1 rings (SSSR count). The summed E-state index contributed by atoms with van der Waals surface area (Å²) in [5.41, 5.74) is 33.4. The number of rotatable bonds is 26. The number of aliphatic hydroxyl groups is 1. The van der Waals surface area contributed by atoms with Gasteiger partial charge in [0.05, 0.1) is 12.6 Å². The van der Waals surface area contributed by atoms with Crippen LogP contribution in [0.3, 0.4) is 0 Å². The maximum atomic E-state index is 13.7. The highest BCUT2D eigenvalue weighted by Crippen LogP contribution is 2.09. The Labute approximate surface area is 324 Å². The summed E-state index contributed by atoms with van der Waals surface area (Å²) in [7, 11) is 0. The summed E-state index contributed by atoms with van der Waals surface area (Å²) in [5.74, 6) is -7.25. The predicted molar refractivity (Wildman–Crippen MR) is 206 cm³/mol. The number of aliphatic hydroxyl groups excluding tert-OH is 1. The van der Waals surface area contributed by atoms with E-state index in [1.54, 1.807) is 44.2 Å². The van der Waals surface area contributed by atoms with E-state index in [1.807, 2.05) is 0 Å². The Morgan fingerprint density at radius 1 is 0.625 bits per heavy atom. The SMILES string of the molecule is CC(C)C(N)C(=O)NC(Cc1ccccc1)C(=O)NC(CCCN=C(N)N)C(=O)NC(CO)C(=O)NC(CCCN=C(N)N)C(=O)NC(CCC(N)=O)C(=O)O. The molecular weight excluding hydrogens is 734 g/mol. The van der Waals surface area contributed by atoms with Gasteiger partial charge in [0.1, 0.15) is 30.2 Å². The van der Waals surface area contributed by atoms with Crippen LogP contribution in [0, 0.1) is 5.92 Å². The van der Waals surface area contributed by atoms with Crippen LogP contribution in [0.5, 0.6) is 0 Å². The summed E-state index contributed by atoms with van der Waals surface area (Å²) < 4.78 is 0. The molecule has 6 atom stereocenters. The van der Waals surface area contributed by atoms with E-state index in [4.69, 9.17) is 34.4 Å². The van der Waals surface area contributed by atoms with E-state index in [0.717, 1.165) is 0 Å². The first kappa shape index (κ1) is 48.0. The predicted octanol–water partition coefficient (Wildman–Crippen LogP) is -4.91. The number of carboxylic acid groups (broad SMARTS) is 1. The van der Waals surface area contributed by atoms with Crippen LogP contribution in [0.15, 0.2) is 40.3 Å². The Hall–Kier alpha value is -6.03. The number of aliphatic imine (C=N–C) groups is 2. The van der Waals surface area contributed by atoms with Crippen LogP contribution in [-0.4, -0.2) is 119 Å². The normalized spacial score (nSPS) is 14.0. The Morgan fingerprint density at radius 2 is 1.05 bits per heavy atom. The van der Waals surface area contributed by atoms with Gasteiger partial charge >= 0.3 is 5.97 Å². The third kappa shape index (κ3) is 18.8. The van der Waals surface area contributed by atoms with Crippen molar-refractivity contribution in [3.05, 3.63) is 35.9 Å². The van der Waals surface area contributed by atoms with Gasteiger partial charge in [0.2, 0.25) is 35.4 Å². The summed E-state index contributed by atoms with van der Waals surface area (Å²) in [4.78, 5) is 97.7. The first-order valence-corrected chi connectivity index (χ1v) is 17.9. The molecule has 22 heteroatoms. The molecule has 0 aliphatic rings. The van der Waals surface area contributed by atoms with Crippen molar-refractivity contribution in [1.29, 1.82) is 0 Å². The number of benzene rings is 1. The smallest absolute Gasteiger partial charge is 0.326 e. The third-order valence-corrected chi connectivity index (χ3v) is 8.20. The lowest BCUT2D eigenvalue weighted by atomic mass is 10.0. The molecule has 0 heterocycles. The minimum atomic E-state index is -1.68. The zero-order chi connectivity index (χ0) is 42.4. The van der Waals surface area contributed by atoms with Crippen LogP contribution in [0.2, 0.25) is 0 Å². The van der Waals surface area contributed by atoms with Gasteiger partial charge < -0.3 is 71.2 Å². The lowest BCUT2D eigenvalue weighted by molar-refractivity contribution is -0.142. The number of primary amides is 1. The molecule has 0 aliphatic carbocycles. The maximum absolute atomic E-state index is 13.7. The number of aliphatic carboxylic acids is 1. The van der Waals surface area contributed by atoms with E-state index >= 15 is 0 Å². The van der Waals surface area contributed by atoms with Crippen LogP contribution in [0.1, 0.15) is 57.9 Å². The fraction of sp³-hybridized carbons (Fsp3) is 0.559. The summed E-state index contributed by atoms with van der Waals surface area (Å²) in [6.07, 6.45) is -0.560. The quantitative estimate of drug-likeness (QED) is 0.0238. The number of carbonyl (C=O) groups excluding carboxylic acids is 6. The molecule has 56 heavy (non-hydrogen) atoms. The zero-order valence-corrected chi connectivity index (χ0v) is 31.6. The largest absolute Gasteiger partial charge is 0.480 e. The molecule has 0 saturated heterocycles. The number of carbonyl (C=O) groups is 7. The topological polar surface area (TPSA) is 401 Å². The summed E-state index contributed by atoms with van der Waals surface area (Å²) in [6, 6.07) is 0.643. The van der Waals surface area contributed by atoms with E-state index in [1.165, 1.54) is 0 Å². The van der Waals surface area contributed by atoms with Crippen molar-refractivity contribution in [2.75, 3.05) is 19.7 Å². The molecule has 1 aromatic carbocycles. The average Bonchev–Trinajstić information content (AvgIpc) is 3.13. The van der Waals surface area contributed by atoms with Gasteiger partial charge in [-0.3, -0.25) is 38.8 Å². The van der Waals surface area contributed by atoms with Gasteiger partial charge in [-0.2, -0.15) is 0 Å². The lowest BCUT2D eigenvalue weighted by Gasteiger charge is -2.27. The Balaban J connectivity index is 3.32. The Kier molecular flexibility index (Phi) is 21.5. The zero-order valence-electron chi connectivity index (χ0n) is 31.6. The Bertz CT molecular complexity index is 1530. The number of nitrogens with zero attached hydrogens (tertiary/aromatic N) is 2. The number of guanidine groups is 2. The van der Waals surface area contributed by atoms with Crippen molar-refractivity contribution in [1.82, 2.24) is 26.6 Å². The molecule has 19 N–H and O–H groups in total. The Morgan fingerprint density at radius 3 is 1.48 bits per heavy atom. The number of carboxylic acids is 1. The minimum Gasteiger partial charge on any atom is -0.480 e. The molecule has 6 amide bonds. The van der Waals surface area contributed by atoms with Crippen molar-refractivity contribution in [2.24, 2.45) is 50.3 Å². The summed E-state index contributed by atoms with van der Waals surface area (Å²) in [6.45, 7) is 2.60. The second-order valence-corrected chi connectivity index (χ2v) is 13.2. The average molecular weight is 792 g/mol. The van der Waals surface area contributed by atoms with Crippen LogP contribution in [0.4, 0.5) is 0 Å². The fourth-order valence-corrected chi connectivity index (χ4v) is 5.00. The van der Waals surface area contributed by atoms with Crippen molar-refractivity contribution in [3.63, 3.8) is 0 Å². The van der Waals surface area contributed by atoms with Crippen LogP contribution in [0.25, 0.3) is 0 Å². The number of amides is 6. The molecule has 1 aromatic rings. The van der Waals surface area contributed by atoms with Crippen LogP contribution < -0.4 is 61.0 Å². The highest BCUT2D eigenvalue weighted by Gasteiger charge is 2.33. The number of hydrogen-bond donors (Lipinski definition) is 13. The van der Waals surface area contributed by atoms with E-state index in [9.17, 15) is 43.8 Å². The maximum Gasteiger partial charge on any atom is 0.326 e. The summed E-state index contributed by atoms with van der Waals surface area (Å²) >= 11 is 0. The highest BCUT2D eigenvalue weighted by atomic mass is 16.4. The van der Waals surface area contributed by atoms with E-state index < -0.39 is 84.3 Å². The van der Waals surface area contributed by atoms with Gasteiger partial charge in [-0.05, 0) is 43.6 Å². The highest BCUT2D eigenvalue weighted by molar-refractivity contribution is 5.96. The standard InChI is InChI=1S/C34H57N13O9/c1-18(2)26(36)31(54)46-23(16-19-8-4-3-5-9-19)29(52)43-21(11-7-15-42-34(39)40)28(51)47-24(17-48)30(53)44-20(10-6-14-41-33(37)38)27(50)45-22(32(55)56)12-13-25(35)49/h3-5,8-9,18,20-24,26,48H,6-7,10-17,36H2,1-2H3,(H2,35,49)(H,43,52)(H,44,53)(H,45,50)(H,46,54)(H,47,51)(H,55,56)(H4,37,38,41)(H4,39,40,42). The molecule has 0 fully saturated rings. The fourth-order valence-electron chi connectivity index (χ4n) is 5.00. The minimum absolute atomic E-state index is 0.0303. The number of nitrogens with two attached hydrogens (primary N) is 6. The van der Waals surface area contributed by atoms with Gasteiger partial charge in [-0.25, -0.2) is 4.79 Å². The van der Waals surface area contributed by atoms with Crippen LogP contribution >= 0.6 is 0 Å². The number of hydrogen-bond acceptors (Lipinski definition) is 11. The van der Waals surface area contributed by atoms with E-state index in [2.05, 4.69) is 36.6 Å². The molecule has 0 aliphatic heterocycles. The molecule has 0 spiro atoms. The lowest BCUT2D eigenvalue weighted by Crippen LogP contribution is -2.60. The van der Waals surface area contributed by atoms with Gasteiger partial charge in [0, 0.05) is 25.9 Å². The second kappa shape index (κ2) is 25.1. The van der Waals surface area contributed by atoms with Crippen molar-refractivity contribution >= 4 is 53.3 Å². The van der Waals surface area contributed by atoms with Gasteiger partial charge in [-0.15, -0.1) is 0 Å². The molecule has 312 valence electrons. The van der Waals surface area contributed by atoms with E-state index in [-0.39, 0.29) is 75.9 Å². The molecule has 6 unspecified atom stereocenters. The molecule has 0 bridgehead atoms. The molecule has 22 nitrogen and oxygen atoms in total. The monoisotopic (exact) mass is 791 g/mol. The van der Waals surface area contributed by atoms with Gasteiger partial charge in [-0.1, -0.05) is 44.2 Å². The van der Waals surface area contributed by atoms with Crippen molar-refractivity contribution < 1.29 is 43.8 Å². The van der Waals surface area contributed by atoms with E-state index in [0.29, 0.717) is 5.56 Å². The van der Waals surface area contributed by atoms with Crippen molar-refractivity contribution in [3.8, 4) is 0 Å². The second-order valence-electron chi connectivity index (χ2n) is 13.2. The molecule has 0 radical (unpaired) electrons. The van der Waals surface area contributed by atoms with Crippen LogP contribution in [-0.2, 0) is 40.0 Å². The molecular formula is C34H57N13O9. The van der Waals surface area contributed by atoms with Crippen molar-refractivity contribution in [2.45, 2.75) is 95.0 Å². The molecule has 0 aromatic heterocycles.